The van der Waals surface area contributed by atoms with Crippen LogP contribution in [0.3, 0.4) is 0 Å². The van der Waals surface area contributed by atoms with E-state index < -0.39 is 17.4 Å². The van der Waals surface area contributed by atoms with Crippen LogP contribution in [0.1, 0.15) is 43.0 Å². The highest BCUT2D eigenvalue weighted by molar-refractivity contribution is 8.93. The highest BCUT2D eigenvalue weighted by Crippen LogP contribution is 2.27. The van der Waals surface area contributed by atoms with Gasteiger partial charge in [-0.3, -0.25) is 4.79 Å². The maximum atomic E-state index is 10.7. The Kier molecular flexibility index (Phi) is 6.20. The van der Waals surface area contributed by atoms with Gasteiger partial charge in [-0.25, -0.2) is 0 Å². The highest BCUT2D eigenvalue weighted by atomic mass is 79.9. The molecule has 0 aliphatic rings. The van der Waals surface area contributed by atoms with Gasteiger partial charge in [-0.15, -0.1) is 17.0 Å². The number of hydrogen-bond donors (Lipinski definition) is 2. The lowest BCUT2D eigenvalue weighted by molar-refractivity contribution is -0.137. The van der Waals surface area contributed by atoms with Gasteiger partial charge >= 0.3 is 5.97 Å². The molecule has 0 heterocycles. The van der Waals surface area contributed by atoms with Crippen molar-refractivity contribution in [3.63, 3.8) is 0 Å². The minimum atomic E-state index is -0.926. The summed E-state index contributed by atoms with van der Waals surface area (Å²) in [5.74, 6) is -0.926. The van der Waals surface area contributed by atoms with Crippen molar-refractivity contribution in [2.45, 2.75) is 38.6 Å². The lowest BCUT2D eigenvalue weighted by Gasteiger charge is -2.19. The third-order valence-electron chi connectivity index (χ3n) is 2.92. The smallest absolute Gasteiger partial charge is 0.305 e. The van der Waals surface area contributed by atoms with E-state index in [2.05, 4.69) is 6.07 Å². The molecule has 0 amide bonds. The summed E-state index contributed by atoms with van der Waals surface area (Å²) in [5, 5.41) is 17.9. The van der Waals surface area contributed by atoms with Gasteiger partial charge in [0.2, 0.25) is 0 Å². The third kappa shape index (κ3) is 4.66. The van der Waals surface area contributed by atoms with Crippen molar-refractivity contribution in [3.8, 4) is 6.07 Å². The quantitative estimate of drug-likeness (QED) is 0.890. The highest BCUT2D eigenvalue weighted by Gasteiger charge is 2.22. The van der Waals surface area contributed by atoms with E-state index in [-0.39, 0.29) is 23.4 Å². The van der Waals surface area contributed by atoms with Crippen molar-refractivity contribution in [1.29, 1.82) is 5.26 Å². The number of benzene rings is 1. The van der Waals surface area contributed by atoms with Crippen LogP contribution < -0.4 is 5.73 Å². The number of aliphatic carboxylic acids is 1. The molecular weight excluding hydrogens is 308 g/mol. The van der Waals surface area contributed by atoms with Crippen LogP contribution in [-0.4, -0.2) is 11.1 Å². The van der Waals surface area contributed by atoms with Crippen molar-refractivity contribution in [1.82, 2.24) is 0 Å². The average molecular weight is 327 g/mol. The van der Waals surface area contributed by atoms with Crippen molar-refractivity contribution in [3.05, 3.63) is 34.9 Å². The number of nitriles is 1. The number of carboxylic acid groups (broad SMARTS) is 1. The molecule has 0 saturated carbocycles. The van der Waals surface area contributed by atoms with Crippen molar-refractivity contribution >= 4 is 23.0 Å². The second-order valence-electron chi connectivity index (χ2n) is 5.07. The fourth-order valence-electron chi connectivity index (χ4n) is 1.76. The van der Waals surface area contributed by atoms with E-state index in [4.69, 9.17) is 16.1 Å². The van der Waals surface area contributed by atoms with Gasteiger partial charge in [0.1, 0.15) is 0 Å². The molecule has 1 aromatic rings. The van der Waals surface area contributed by atoms with Crippen LogP contribution in [-0.2, 0) is 10.2 Å². The molecule has 0 aromatic heterocycles. The van der Waals surface area contributed by atoms with Gasteiger partial charge in [0.15, 0.2) is 0 Å². The van der Waals surface area contributed by atoms with Crippen LogP contribution in [0.5, 0.6) is 0 Å². The zero-order chi connectivity index (χ0) is 13.9. The summed E-state index contributed by atoms with van der Waals surface area (Å²) < 4.78 is 0. The summed E-state index contributed by atoms with van der Waals surface area (Å²) in [7, 11) is 0. The number of nitrogens with zero attached hydrogens (tertiary/aromatic N) is 1. The molecule has 5 heteroatoms. The standard InChI is InChI=1S/C14H18N2O2.BrH/c1-9-4-10(12(16)7-13(17)18)6-11(5-9)14(2,3)8-15;/h4-6,12H,7,16H2,1-3H3,(H,17,18);1H/t12-;/m0./s1. The fraction of sp³-hybridized carbons (Fsp3) is 0.429. The van der Waals surface area contributed by atoms with Gasteiger partial charge in [-0.05, 0) is 31.9 Å². The van der Waals surface area contributed by atoms with Crippen LogP contribution in [0, 0.1) is 18.3 Å². The summed E-state index contributed by atoms with van der Waals surface area (Å²) >= 11 is 0. The molecule has 0 spiro atoms. The Bertz CT molecular complexity index is 507. The summed E-state index contributed by atoms with van der Waals surface area (Å²) in [6, 6.07) is 7.31. The van der Waals surface area contributed by atoms with E-state index >= 15 is 0 Å². The van der Waals surface area contributed by atoms with Gasteiger partial charge in [0.05, 0.1) is 17.9 Å². The topological polar surface area (TPSA) is 87.1 Å². The molecule has 1 aromatic carbocycles. The zero-order valence-electron chi connectivity index (χ0n) is 11.3. The van der Waals surface area contributed by atoms with Crippen LogP contribution in [0.2, 0.25) is 0 Å². The molecule has 104 valence electrons. The van der Waals surface area contributed by atoms with Gasteiger partial charge in [0.25, 0.3) is 0 Å². The van der Waals surface area contributed by atoms with E-state index in [1.807, 2.05) is 39.0 Å². The minimum absolute atomic E-state index is 0. The van der Waals surface area contributed by atoms with Crippen molar-refractivity contribution in [2.24, 2.45) is 5.73 Å². The van der Waals surface area contributed by atoms with E-state index in [0.717, 1.165) is 16.7 Å². The Balaban J connectivity index is 0.00000324. The molecule has 19 heavy (non-hydrogen) atoms. The molecule has 0 saturated heterocycles. The lowest BCUT2D eigenvalue weighted by atomic mass is 9.83. The first-order valence-electron chi connectivity index (χ1n) is 5.77. The van der Waals surface area contributed by atoms with Crippen LogP contribution in [0.25, 0.3) is 0 Å². The molecule has 1 atom stereocenters. The van der Waals surface area contributed by atoms with Crippen LogP contribution in [0.15, 0.2) is 18.2 Å². The number of rotatable bonds is 4. The number of nitrogens with two attached hydrogens (primary N) is 1. The van der Waals surface area contributed by atoms with E-state index in [1.165, 1.54) is 0 Å². The molecule has 0 aliphatic carbocycles. The molecule has 0 radical (unpaired) electrons. The molecule has 0 fully saturated rings. The van der Waals surface area contributed by atoms with Crippen molar-refractivity contribution in [2.75, 3.05) is 0 Å². The summed E-state index contributed by atoms with van der Waals surface area (Å²) in [6.45, 7) is 5.57. The van der Waals surface area contributed by atoms with E-state index in [9.17, 15) is 4.79 Å². The summed E-state index contributed by atoms with van der Waals surface area (Å²) in [5.41, 5.74) is 7.85. The first-order chi connectivity index (χ1) is 8.26. The SMILES string of the molecule is Br.Cc1cc([C@@H](N)CC(=O)O)cc(C(C)(C)C#N)c1. The van der Waals surface area contributed by atoms with E-state index in [0.29, 0.717) is 0 Å². The average Bonchev–Trinajstić information content (AvgIpc) is 2.27. The van der Waals surface area contributed by atoms with Gasteiger partial charge < -0.3 is 10.8 Å². The Morgan fingerprint density at radius 3 is 2.53 bits per heavy atom. The van der Waals surface area contributed by atoms with E-state index in [1.54, 1.807) is 0 Å². The number of carboxylic acids is 1. The number of aryl methyl sites for hydroxylation is 1. The second-order valence-corrected chi connectivity index (χ2v) is 5.07. The third-order valence-corrected chi connectivity index (χ3v) is 2.92. The van der Waals surface area contributed by atoms with Crippen LogP contribution >= 0.6 is 17.0 Å². The number of halogens is 1. The minimum Gasteiger partial charge on any atom is -0.481 e. The zero-order valence-corrected chi connectivity index (χ0v) is 13.0. The van der Waals surface area contributed by atoms with Gasteiger partial charge in [0, 0.05) is 6.04 Å². The normalized spacial score (nSPS) is 12.2. The molecule has 3 N–H and O–H groups in total. The molecule has 0 aliphatic heterocycles. The maximum absolute atomic E-state index is 10.7. The Morgan fingerprint density at radius 2 is 2.05 bits per heavy atom. The summed E-state index contributed by atoms with van der Waals surface area (Å²) in [4.78, 5) is 10.7. The maximum Gasteiger partial charge on any atom is 0.305 e. The molecular formula is C14H19BrN2O2. The molecule has 0 unspecified atom stereocenters. The van der Waals surface area contributed by atoms with Crippen molar-refractivity contribution < 1.29 is 9.90 Å². The Labute approximate surface area is 124 Å². The monoisotopic (exact) mass is 326 g/mol. The Hall–Kier alpha value is -1.38. The second kappa shape index (κ2) is 6.69. The fourth-order valence-corrected chi connectivity index (χ4v) is 1.76. The van der Waals surface area contributed by atoms with Gasteiger partial charge in [-0.1, -0.05) is 23.8 Å². The number of hydrogen-bond acceptors (Lipinski definition) is 3. The molecule has 4 nitrogen and oxygen atoms in total. The van der Waals surface area contributed by atoms with Crippen LogP contribution in [0.4, 0.5) is 0 Å². The Morgan fingerprint density at radius 1 is 1.47 bits per heavy atom. The predicted molar refractivity (Wildman–Crippen MR) is 79.3 cm³/mol. The lowest BCUT2D eigenvalue weighted by Crippen LogP contribution is -2.18. The molecule has 1 rings (SSSR count). The largest absolute Gasteiger partial charge is 0.481 e. The predicted octanol–water partition coefficient (Wildman–Crippen LogP) is 2.85. The first kappa shape index (κ1) is 17.6. The number of carbonyl (C=O) groups is 1. The first-order valence-corrected chi connectivity index (χ1v) is 5.77. The van der Waals surface area contributed by atoms with Gasteiger partial charge in [-0.2, -0.15) is 5.26 Å². The summed E-state index contributed by atoms with van der Waals surface area (Å²) in [6.07, 6.45) is -0.115. The molecule has 0 bridgehead atoms.